The zero-order chi connectivity index (χ0) is 31.3. The number of hydrogen-bond acceptors (Lipinski definition) is 8. The molecule has 0 aliphatic carbocycles. The Kier molecular flexibility index (Phi) is 8.85. The molecular weight excluding hydrogens is 606 g/mol. The highest BCUT2D eigenvalue weighted by Crippen LogP contribution is 2.34. The molecule has 12 nitrogen and oxygen atoms in total. The predicted octanol–water partition coefficient (Wildman–Crippen LogP) is 2.56. The third-order valence-corrected chi connectivity index (χ3v) is 9.56. The van der Waals surface area contributed by atoms with Gasteiger partial charge in [0.25, 0.3) is 5.91 Å². The fourth-order valence-electron chi connectivity index (χ4n) is 4.51. The number of amides is 2. The van der Waals surface area contributed by atoms with E-state index in [-0.39, 0.29) is 29.4 Å². The number of benzene rings is 4. The Balaban J connectivity index is 1.49. The van der Waals surface area contributed by atoms with Crippen LogP contribution >= 0.6 is 0 Å². The second-order valence-electron chi connectivity index (χ2n) is 9.88. The van der Waals surface area contributed by atoms with E-state index in [2.05, 4.69) is 10.0 Å². The number of para-hydroxylation sites is 2. The van der Waals surface area contributed by atoms with Crippen molar-refractivity contribution in [2.45, 2.75) is 24.0 Å². The number of hydrogen-bond donors (Lipinski definition) is 4. The third kappa shape index (κ3) is 7.16. The Morgan fingerprint density at radius 1 is 0.932 bits per heavy atom. The standard InChI is InChI=1S/C30H29N5O7S2/c31-24-13-7-8-14-25(24)32-30(37)26(33-43(38,39)23-11-5-2-6-12-23)17-22-15-16-27(35-19-29(36)34-44(35,40)41)28(18-22)42-20-21-9-3-1-4-10-21/h1-16,18,26,33H,17,19-20,31H2,(H,32,37)(H,34,36). The number of rotatable bonds is 11. The number of nitrogens with two attached hydrogens (primary N) is 1. The molecule has 1 atom stereocenters. The van der Waals surface area contributed by atoms with Crippen molar-refractivity contribution < 1.29 is 31.2 Å². The Bertz CT molecular complexity index is 1890. The molecule has 5 rings (SSSR count). The lowest BCUT2D eigenvalue weighted by atomic mass is 10.0. The monoisotopic (exact) mass is 635 g/mol. The van der Waals surface area contributed by atoms with Crippen LogP contribution in [0.1, 0.15) is 11.1 Å². The minimum absolute atomic E-state index is 0.0318. The molecule has 1 heterocycles. The summed E-state index contributed by atoms with van der Waals surface area (Å²) in [6.07, 6.45) is -0.142. The van der Waals surface area contributed by atoms with Gasteiger partial charge in [0, 0.05) is 0 Å². The summed E-state index contributed by atoms with van der Waals surface area (Å²) in [6, 6.07) is 26.5. The van der Waals surface area contributed by atoms with Crippen LogP contribution in [0.3, 0.4) is 0 Å². The van der Waals surface area contributed by atoms with Gasteiger partial charge in [-0.1, -0.05) is 66.7 Å². The lowest BCUT2D eigenvalue weighted by molar-refractivity contribution is -0.118. The fraction of sp³-hybridized carbons (Fsp3) is 0.133. The smallest absolute Gasteiger partial charge is 0.326 e. The van der Waals surface area contributed by atoms with Crippen LogP contribution in [0.15, 0.2) is 108 Å². The molecule has 1 unspecified atom stereocenters. The van der Waals surface area contributed by atoms with Crippen LogP contribution in [-0.4, -0.2) is 41.2 Å². The molecule has 4 aromatic carbocycles. The zero-order valence-electron chi connectivity index (χ0n) is 23.2. The highest BCUT2D eigenvalue weighted by atomic mass is 32.2. The van der Waals surface area contributed by atoms with Gasteiger partial charge in [-0.05, 0) is 53.9 Å². The largest absolute Gasteiger partial charge is 0.487 e. The van der Waals surface area contributed by atoms with Crippen molar-refractivity contribution in [1.82, 2.24) is 9.44 Å². The van der Waals surface area contributed by atoms with E-state index >= 15 is 0 Å². The van der Waals surface area contributed by atoms with E-state index in [0.29, 0.717) is 16.9 Å². The molecule has 0 aromatic heterocycles. The Labute approximate surface area is 255 Å². The van der Waals surface area contributed by atoms with Gasteiger partial charge in [-0.25, -0.2) is 17.4 Å². The van der Waals surface area contributed by atoms with Crippen molar-refractivity contribution in [3.8, 4) is 5.75 Å². The molecule has 0 saturated carbocycles. The SMILES string of the molecule is Nc1ccccc1NC(=O)C(Cc1ccc(N2CC(=O)NS2(=O)=O)c(OCc2ccccc2)c1)NS(=O)(=O)c1ccccc1. The second-order valence-corrected chi connectivity index (χ2v) is 13.2. The van der Waals surface area contributed by atoms with Crippen LogP contribution in [0.2, 0.25) is 0 Å². The summed E-state index contributed by atoms with van der Waals surface area (Å²) >= 11 is 0. The summed E-state index contributed by atoms with van der Waals surface area (Å²) in [7, 11) is -8.28. The van der Waals surface area contributed by atoms with Gasteiger partial charge in [-0.2, -0.15) is 13.1 Å². The molecule has 0 spiro atoms. The molecule has 1 aliphatic heterocycles. The lowest BCUT2D eigenvalue weighted by Crippen LogP contribution is -2.45. The van der Waals surface area contributed by atoms with Crippen LogP contribution in [0, 0.1) is 0 Å². The van der Waals surface area contributed by atoms with E-state index in [0.717, 1.165) is 9.87 Å². The molecule has 1 fully saturated rings. The maximum Gasteiger partial charge on any atom is 0.326 e. The van der Waals surface area contributed by atoms with Crippen LogP contribution in [-0.2, 0) is 42.8 Å². The first kappa shape index (κ1) is 30.5. The summed E-state index contributed by atoms with van der Waals surface area (Å²) in [5.41, 5.74) is 7.95. The van der Waals surface area contributed by atoms with Gasteiger partial charge in [-0.15, -0.1) is 0 Å². The molecule has 1 aliphatic rings. The minimum atomic E-state index is -4.15. The van der Waals surface area contributed by atoms with Crippen LogP contribution < -0.4 is 29.5 Å². The zero-order valence-corrected chi connectivity index (χ0v) is 24.8. The predicted molar refractivity (Wildman–Crippen MR) is 165 cm³/mol. The number of anilines is 3. The molecule has 1 saturated heterocycles. The quantitative estimate of drug-likeness (QED) is 0.182. The molecule has 0 bridgehead atoms. The van der Waals surface area contributed by atoms with Gasteiger partial charge >= 0.3 is 10.2 Å². The summed E-state index contributed by atoms with van der Waals surface area (Å²) in [5, 5.41) is 2.68. The number of carbonyl (C=O) groups is 2. The number of nitrogens with one attached hydrogen (secondary N) is 3. The molecular formula is C30H29N5O7S2. The molecule has 0 radical (unpaired) electrons. The number of ether oxygens (including phenoxy) is 1. The summed E-state index contributed by atoms with van der Waals surface area (Å²) in [4.78, 5) is 25.4. The molecule has 5 N–H and O–H groups in total. The molecule has 4 aromatic rings. The van der Waals surface area contributed by atoms with Gasteiger partial charge < -0.3 is 15.8 Å². The first-order valence-corrected chi connectivity index (χ1v) is 16.3. The van der Waals surface area contributed by atoms with Gasteiger partial charge in [0.05, 0.1) is 22.0 Å². The van der Waals surface area contributed by atoms with E-state index in [1.54, 1.807) is 42.5 Å². The van der Waals surface area contributed by atoms with Gasteiger partial charge in [0.1, 0.15) is 24.9 Å². The van der Waals surface area contributed by atoms with E-state index < -0.39 is 44.6 Å². The van der Waals surface area contributed by atoms with E-state index in [9.17, 15) is 26.4 Å². The average molecular weight is 636 g/mol. The Hall–Kier alpha value is -4.92. The van der Waals surface area contributed by atoms with Gasteiger partial charge in [-0.3, -0.25) is 9.59 Å². The highest BCUT2D eigenvalue weighted by molar-refractivity contribution is 7.92. The molecule has 2 amide bonds. The number of nitrogen functional groups attached to an aromatic ring is 1. The summed E-state index contributed by atoms with van der Waals surface area (Å²) in [6.45, 7) is -0.367. The average Bonchev–Trinajstić information content (AvgIpc) is 3.29. The molecule has 14 heteroatoms. The maximum atomic E-state index is 13.5. The second kappa shape index (κ2) is 12.8. The van der Waals surface area contributed by atoms with Crippen LogP contribution in [0.4, 0.5) is 17.1 Å². The Morgan fingerprint density at radius 2 is 1.59 bits per heavy atom. The highest BCUT2D eigenvalue weighted by Gasteiger charge is 2.36. The summed E-state index contributed by atoms with van der Waals surface area (Å²) < 4.78 is 63.1. The van der Waals surface area contributed by atoms with Gasteiger partial charge in [0.2, 0.25) is 15.9 Å². The van der Waals surface area contributed by atoms with Crippen molar-refractivity contribution in [3.63, 3.8) is 0 Å². The topological polar surface area (TPSA) is 177 Å². The number of nitrogens with zero attached hydrogens (tertiary/aromatic N) is 1. The van der Waals surface area contributed by atoms with E-state index in [1.165, 1.54) is 30.3 Å². The number of sulfonamides is 1. The van der Waals surface area contributed by atoms with Crippen molar-refractivity contribution in [2.24, 2.45) is 0 Å². The lowest BCUT2D eigenvalue weighted by Gasteiger charge is -2.22. The van der Waals surface area contributed by atoms with E-state index in [4.69, 9.17) is 10.5 Å². The van der Waals surface area contributed by atoms with E-state index in [1.807, 2.05) is 35.1 Å². The molecule has 228 valence electrons. The fourth-order valence-corrected chi connectivity index (χ4v) is 6.89. The normalized spacial score (nSPS) is 14.9. The maximum absolute atomic E-state index is 13.5. The first-order chi connectivity index (χ1) is 21.0. The van der Waals surface area contributed by atoms with Crippen LogP contribution in [0.5, 0.6) is 5.75 Å². The Morgan fingerprint density at radius 3 is 2.25 bits per heavy atom. The van der Waals surface area contributed by atoms with Crippen molar-refractivity contribution in [1.29, 1.82) is 0 Å². The third-order valence-electron chi connectivity index (χ3n) is 6.68. The first-order valence-electron chi connectivity index (χ1n) is 13.4. The van der Waals surface area contributed by atoms with Crippen molar-refractivity contribution >= 4 is 49.1 Å². The van der Waals surface area contributed by atoms with Crippen molar-refractivity contribution in [2.75, 3.05) is 21.9 Å². The minimum Gasteiger partial charge on any atom is -0.487 e. The summed E-state index contributed by atoms with van der Waals surface area (Å²) in [5.74, 6) is -1.26. The van der Waals surface area contributed by atoms with Crippen molar-refractivity contribution in [3.05, 3.63) is 114 Å². The van der Waals surface area contributed by atoms with Crippen LogP contribution in [0.25, 0.3) is 0 Å². The van der Waals surface area contributed by atoms with Gasteiger partial charge in [0.15, 0.2) is 0 Å². The number of carbonyl (C=O) groups excluding carboxylic acids is 2. The molecule has 44 heavy (non-hydrogen) atoms.